The van der Waals surface area contributed by atoms with Crippen LogP contribution in [0.25, 0.3) is 0 Å². The van der Waals surface area contributed by atoms with E-state index in [4.69, 9.17) is 4.74 Å². The minimum atomic E-state index is -4.52. The Kier molecular flexibility index (Phi) is 8.15. The van der Waals surface area contributed by atoms with E-state index in [-0.39, 0.29) is 29.3 Å². The molecule has 0 spiro atoms. The largest absolute Gasteiger partial charge is 0.492 e. The molecular weight excluding hydrogens is 602 g/mol. The lowest BCUT2D eigenvalue weighted by Crippen LogP contribution is -2.26. The van der Waals surface area contributed by atoms with Gasteiger partial charge in [0.1, 0.15) is 5.75 Å². The summed E-state index contributed by atoms with van der Waals surface area (Å²) in [6.07, 6.45) is -4.06. The number of amides is 1. The summed E-state index contributed by atoms with van der Waals surface area (Å²) in [7, 11) is -3.56. The van der Waals surface area contributed by atoms with Crippen molar-refractivity contribution < 1.29 is 44.3 Å². The van der Waals surface area contributed by atoms with Gasteiger partial charge in [-0.3, -0.25) is 14.8 Å². The molecule has 3 aromatic rings. The lowest BCUT2D eigenvalue weighted by atomic mass is 10.1. The summed E-state index contributed by atoms with van der Waals surface area (Å²) in [6, 6.07) is 6.24. The molecule has 0 bridgehead atoms. The lowest BCUT2D eigenvalue weighted by molar-refractivity contribution is -0.138. The van der Waals surface area contributed by atoms with E-state index < -0.39 is 39.2 Å². The molecule has 4 heterocycles. The van der Waals surface area contributed by atoms with Crippen LogP contribution in [0.3, 0.4) is 0 Å². The lowest BCUT2D eigenvalue weighted by Gasteiger charge is -2.18. The normalized spacial score (nSPS) is 16.3. The fourth-order valence-electron chi connectivity index (χ4n) is 4.58. The molecule has 15 heteroatoms. The van der Waals surface area contributed by atoms with E-state index >= 15 is 0 Å². The highest BCUT2D eigenvalue weighted by atomic mass is 32.2. The van der Waals surface area contributed by atoms with E-state index in [9.17, 15) is 39.6 Å². The molecule has 1 N–H and O–H groups in total. The van der Waals surface area contributed by atoms with Gasteiger partial charge in [-0.05, 0) is 60.2 Å². The summed E-state index contributed by atoms with van der Waals surface area (Å²) >= 11 is 0. The fraction of sp³-hybridized carbons (Fsp3) is 0.393. The van der Waals surface area contributed by atoms with Crippen LogP contribution in [0.15, 0.2) is 47.6 Å². The van der Waals surface area contributed by atoms with Crippen molar-refractivity contribution in [1.29, 1.82) is 0 Å². The number of pyridine rings is 2. The first-order chi connectivity index (χ1) is 20.1. The smallest absolute Gasteiger partial charge is 0.417 e. The Balaban J connectivity index is 0.000000235. The molecule has 1 aliphatic carbocycles. The van der Waals surface area contributed by atoms with Crippen LogP contribution in [0.1, 0.15) is 56.8 Å². The molecule has 1 saturated carbocycles. The molecule has 2 aromatic heterocycles. The average Bonchev–Trinajstić information content (AvgIpc) is 3.46. The van der Waals surface area contributed by atoms with Gasteiger partial charge in [-0.15, -0.1) is 0 Å². The van der Waals surface area contributed by atoms with Crippen LogP contribution in [0.4, 0.5) is 26.3 Å². The number of halogens is 6. The van der Waals surface area contributed by atoms with Crippen molar-refractivity contribution in [2.24, 2.45) is 5.92 Å². The van der Waals surface area contributed by atoms with Gasteiger partial charge < -0.3 is 15.0 Å². The third kappa shape index (κ3) is 7.26. The molecule has 0 unspecified atom stereocenters. The number of aromatic nitrogens is 2. The molecule has 1 fully saturated rings. The first-order valence-corrected chi connectivity index (χ1v) is 15.1. The van der Waals surface area contributed by atoms with Gasteiger partial charge in [0.25, 0.3) is 5.91 Å². The van der Waals surface area contributed by atoms with Gasteiger partial charge in [0.2, 0.25) is 0 Å². The number of hydrogen-bond acceptors (Lipinski definition) is 7. The molecule has 0 atom stereocenters. The summed E-state index contributed by atoms with van der Waals surface area (Å²) in [5.41, 5.74) is 0.595. The molecule has 1 amide bonds. The topological polar surface area (TPSA) is 101 Å². The summed E-state index contributed by atoms with van der Waals surface area (Å²) in [6.45, 7) is 1.46. The van der Waals surface area contributed by atoms with Gasteiger partial charge in [0, 0.05) is 38.3 Å². The molecule has 43 heavy (non-hydrogen) atoms. The third-order valence-electron chi connectivity index (χ3n) is 7.15. The van der Waals surface area contributed by atoms with Gasteiger partial charge in [-0.1, -0.05) is 0 Å². The van der Waals surface area contributed by atoms with E-state index in [1.165, 1.54) is 23.1 Å². The summed E-state index contributed by atoms with van der Waals surface area (Å²) in [4.78, 5) is 22.1. The van der Waals surface area contributed by atoms with E-state index in [1.807, 2.05) is 0 Å². The molecule has 1 aromatic carbocycles. The summed E-state index contributed by atoms with van der Waals surface area (Å²) in [5.74, 6) is 0.167. The molecule has 0 saturated heterocycles. The van der Waals surface area contributed by atoms with Crippen LogP contribution in [0.2, 0.25) is 0 Å². The number of carbonyl (C=O) groups is 1. The van der Waals surface area contributed by atoms with Crippen molar-refractivity contribution in [1.82, 2.24) is 20.2 Å². The van der Waals surface area contributed by atoms with E-state index in [1.54, 1.807) is 0 Å². The highest BCUT2D eigenvalue weighted by molar-refractivity contribution is 7.90. The van der Waals surface area contributed by atoms with Crippen LogP contribution in [0.5, 0.6) is 5.75 Å². The van der Waals surface area contributed by atoms with Crippen LogP contribution >= 0.6 is 0 Å². The second-order valence-electron chi connectivity index (χ2n) is 10.6. The molecule has 6 rings (SSSR count). The third-order valence-corrected chi connectivity index (χ3v) is 8.26. The van der Waals surface area contributed by atoms with Crippen LogP contribution in [-0.2, 0) is 48.4 Å². The average molecular weight is 629 g/mol. The number of benzene rings is 1. The van der Waals surface area contributed by atoms with Gasteiger partial charge in [0.05, 0.1) is 46.1 Å². The number of rotatable bonds is 5. The number of nitrogens with one attached hydrogen (secondary N) is 1. The molecule has 0 radical (unpaired) electrons. The Morgan fingerprint density at radius 3 is 2.16 bits per heavy atom. The molecule has 8 nitrogen and oxygen atoms in total. The number of nitrogens with zero attached hydrogens (tertiary/aromatic N) is 3. The first-order valence-electron chi connectivity index (χ1n) is 13.2. The fourth-order valence-corrected chi connectivity index (χ4v) is 5.22. The second-order valence-corrected chi connectivity index (χ2v) is 12.6. The number of fused-ring (bicyclic) bond motifs is 2. The van der Waals surface area contributed by atoms with Crippen LogP contribution < -0.4 is 10.1 Å². The van der Waals surface area contributed by atoms with Crippen molar-refractivity contribution in [3.8, 4) is 5.75 Å². The summed E-state index contributed by atoms with van der Waals surface area (Å²) < 4.78 is 105. The van der Waals surface area contributed by atoms with Crippen LogP contribution in [0, 0.1) is 5.92 Å². The van der Waals surface area contributed by atoms with E-state index in [2.05, 4.69) is 15.3 Å². The zero-order valence-electron chi connectivity index (χ0n) is 22.7. The predicted octanol–water partition coefficient (Wildman–Crippen LogP) is 5.15. The second kappa shape index (κ2) is 11.4. The monoisotopic (exact) mass is 628 g/mol. The predicted molar refractivity (Wildman–Crippen MR) is 140 cm³/mol. The zero-order chi connectivity index (χ0) is 31.2. The van der Waals surface area contributed by atoms with Crippen molar-refractivity contribution in [3.05, 3.63) is 81.9 Å². The Morgan fingerprint density at radius 1 is 0.930 bits per heavy atom. The van der Waals surface area contributed by atoms with Gasteiger partial charge >= 0.3 is 12.4 Å². The maximum absolute atomic E-state index is 13.2. The van der Waals surface area contributed by atoms with Gasteiger partial charge in [0.15, 0.2) is 9.84 Å². The van der Waals surface area contributed by atoms with Crippen molar-refractivity contribution in [2.45, 2.75) is 56.3 Å². The minimum absolute atomic E-state index is 0.0289. The molecule has 230 valence electrons. The Labute approximate surface area is 243 Å². The van der Waals surface area contributed by atoms with E-state index in [0.717, 1.165) is 43.6 Å². The first kappa shape index (κ1) is 30.7. The number of sulfone groups is 1. The number of ether oxygens (including phenoxy) is 1. The standard InChI is InChI=1S/C20H19F3N2O4S.C8H7F3N2/c1-30(27,28)15-4-5-18(29-11-12-2-3-12)16(7-15)19(26)25-9-13-6-14(20(21,22)23)8-24-17(13)10-25;9-8(10,11)6-1-5-2-12-4-7(5)13-3-6/h4-8,12H,2-3,9-11H2,1H3;1,3,12H,2,4H2. The minimum Gasteiger partial charge on any atom is -0.492 e. The highest BCUT2D eigenvalue weighted by Gasteiger charge is 2.35. The quantitative estimate of drug-likeness (QED) is 0.390. The Morgan fingerprint density at radius 2 is 1.56 bits per heavy atom. The van der Waals surface area contributed by atoms with Crippen molar-refractivity contribution in [2.75, 3.05) is 12.9 Å². The Bertz CT molecular complexity index is 1660. The maximum Gasteiger partial charge on any atom is 0.417 e. The maximum atomic E-state index is 13.2. The van der Waals surface area contributed by atoms with Crippen LogP contribution in [-0.4, -0.2) is 42.1 Å². The number of carbonyl (C=O) groups excluding carboxylic acids is 1. The highest BCUT2D eigenvalue weighted by Crippen LogP contribution is 2.35. The van der Waals surface area contributed by atoms with E-state index in [0.29, 0.717) is 48.1 Å². The molecular formula is C28H26F6N4O4S. The summed E-state index contributed by atoms with van der Waals surface area (Å²) in [5, 5.41) is 2.94. The van der Waals surface area contributed by atoms with Crippen molar-refractivity contribution >= 4 is 15.7 Å². The molecule has 3 aliphatic rings. The SMILES string of the molecule is CS(=O)(=O)c1ccc(OCC2CC2)c(C(=O)N2Cc3cc(C(F)(F)F)cnc3C2)c1.FC(F)(F)c1cnc2c(c1)CNC2. The van der Waals surface area contributed by atoms with Gasteiger partial charge in [-0.25, -0.2) is 8.42 Å². The van der Waals surface area contributed by atoms with Crippen molar-refractivity contribution in [3.63, 3.8) is 0 Å². The van der Waals surface area contributed by atoms with Gasteiger partial charge in [-0.2, -0.15) is 26.3 Å². The number of alkyl halides is 6. The zero-order valence-corrected chi connectivity index (χ0v) is 23.5. The number of hydrogen-bond donors (Lipinski definition) is 1. The molecule has 2 aliphatic heterocycles. The Hall–Kier alpha value is -3.72.